The van der Waals surface area contributed by atoms with Gasteiger partial charge in [-0.25, -0.2) is 8.42 Å². The fourth-order valence-corrected chi connectivity index (χ4v) is 6.86. The molecule has 192 valence electrons. The molecule has 2 atom stereocenters. The van der Waals surface area contributed by atoms with Gasteiger partial charge in [-0.05, 0) is 113 Å². The summed E-state index contributed by atoms with van der Waals surface area (Å²) in [5, 5.41) is 6.83. The first kappa shape index (κ1) is 26.0. The van der Waals surface area contributed by atoms with E-state index in [0.717, 1.165) is 72.8 Å². The molecule has 2 aromatic carbocycles. The molecule has 0 bridgehead atoms. The van der Waals surface area contributed by atoms with Crippen LogP contribution in [-0.4, -0.2) is 47.8 Å². The fourth-order valence-electron chi connectivity index (χ4n) is 5.26. The summed E-state index contributed by atoms with van der Waals surface area (Å²) in [5.74, 6) is 2.57. The lowest BCUT2D eigenvalue weighted by atomic mass is 10.0. The highest BCUT2D eigenvalue weighted by Crippen LogP contribution is 2.34. The third-order valence-electron chi connectivity index (χ3n) is 7.21. The Labute approximate surface area is 210 Å². The number of aryl methyl sites for hydroxylation is 4. The van der Waals surface area contributed by atoms with Gasteiger partial charge in [0.05, 0.1) is 23.0 Å². The van der Waals surface area contributed by atoms with Gasteiger partial charge in [0.1, 0.15) is 11.5 Å². The second-order valence-electron chi connectivity index (χ2n) is 10.3. The molecule has 2 heterocycles. The molecule has 2 aromatic rings. The summed E-state index contributed by atoms with van der Waals surface area (Å²) in [6.45, 7) is 13.1. The van der Waals surface area contributed by atoms with Crippen LogP contribution in [0.25, 0.3) is 0 Å². The lowest BCUT2D eigenvalue weighted by Crippen LogP contribution is -2.33. The minimum absolute atomic E-state index is 0.305. The quantitative estimate of drug-likeness (QED) is 0.555. The smallest absolute Gasteiger partial charge is 0.206 e. The maximum atomic E-state index is 13.6. The first-order valence-electron chi connectivity index (χ1n) is 12.9. The first-order chi connectivity index (χ1) is 16.8. The van der Waals surface area contributed by atoms with Gasteiger partial charge in [-0.2, -0.15) is 0 Å². The van der Waals surface area contributed by atoms with Crippen molar-refractivity contribution in [3.63, 3.8) is 0 Å². The molecule has 0 spiro atoms. The second kappa shape index (κ2) is 11.3. The Bertz CT molecular complexity index is 1000. The predicted molar refractivity (Wildman–Crippen MR) is 139 cm³/mol. The van der Waals surface area contributed by atoms with Crippen molar-refractivity contribution in [1.82, 2.24) is 10.6 Å². The Morgan fingerprint density at radius 2 is 1.09 bits per heavy atom. The van der Waals surface area contributed by atoms with Crippen LogP contribution in [0.4, 0.5) is 0 Å². The van der Waals surface area contributed by atoms with Crippen molar-refractivity contribution in [1.29, 1.82) is 0 Å². The average Bonchev–Trinajstić information content (AvgIpc) is 2.84. The zero-order valence-electron chi connectivity index (χ0n) is 21.6. The van der Waals surface area contributed by atoms with E-state index < -0.39 is 9.84 Å². The molecule has 2 saturated heterocycles. The lowest BCUT2D eigenvalue weighted by molar-refractivity contribution is 0.216. The minimum Gasteiger partial charge on any atom is -0.493 e. The number of benzene rings is 2. The zero-order chi connectivity index (χ0) is 25.0. The number of rotatable bonds is 8. The third kappa shape index (κ3) is 6.19. The molecule has 2 aliphatic rings. The standard InChI is InChI=1S/C28H40N2O4S/c1-19-11-25(12-20(2)27(19)33-17-23-7-5-9-29-15-23)35(31,32)26-13-21(3)28(22(4)14-26)34-18-24-8-6-10-30-16-24/h11-14,23-24,29-30H,5-10,15-18H2,1-4H3. The molecule has 2 fully saturated rings. The van der Waals surface area contributed by atoms with Crippen molar-refractivity contribution in [2.45, 2.75) is 63.2 Å². The molecule has 0 aromatic heterocycles. The van der Waals surface area contributed by atoms with E-state index in [9.17, 15) is 8.42 Å². The normalized spacial score (nSPS) is 21.0. The molecule has 2 unspecified atom stereocenters. The van der Waals surface area contributed by atoms with Gasteiger partial charge >= 0.3 is 0 Å². The van der Waals surface area contributed by atoms with Crippen LogP contribution in [0.5, 0.6) is 11.5 Å². The predicted octanol–water partition coefficient (Wildman–Crippen LogP) is 4.51. The number of piperidine rings is 2. The lowest BCUT2D eigenvalue weighted by Gasteiger charge is -2.24. The van der Waals surface area contributed by atoms with Crippen LogP contribution in [0.3, 0.4) is 0 Å². The summed E-state index contributed by atoms with van der Waals surface area (Å²) < 4.78 is 39.5. The number of hydrogen-bond donors (Lipinski definition) is 2. The van der Waals surface area contributed by atoms with Crippen molar-refractivity contribution in [3.05, 3.63) is 46.5 Å². The summed E-state index contributed by atoms with van der Waals surface area (Å²) >= 11 is 0. The number of ether oxygens (including phenoxy) is 2. The molecule has 6 nitrogen and oxygen atoms in total. The molecule has 4 rings (SSSR count). The van der Waals surface area contributed by atoms with Crippen molar-refractivity contribution < 1.29 is 17.9 Å². The molecule has 2 N–H and O–H groups in total. The van der Waals surface area contributed by atoms with E-state index in [4.69, 9.17) is 9.47 Å². The Morgan fingerprint density at radius 3 is 1.40 bits per heavy atom. The maximum Gasteiger partial charge on any atom is 0.206 e. The molecular formula is C28H40N2O4S. The molecule has 0 radical (unpaired) electrons. The monoisotopic (exact) mass is 500 g/mol. The molecule has 35 heavy (non-hydrogen) atoms. The van der Waals surface area contributed by atoms with E-state index >= 15 is 0 Å². The van der Waals surface area contributed by atoms with Gasteiger partial charge < -0.3 is 20.1 Å². The highest BCUT2D eigenvalue weighted by atomic mass is 32.2. The summed E-state index contributed by atoms with van der Waals surface area (Å²) in [4.78, 5) is 0.611. The van der Waals surface area contributed by atoms with Crippen LogP contribution >= 0.6 is 0 Å². The van der Waals surface area contributed by atoms with E-state index in [2.05, 4.69) is 10.6 Å². The Kier molecular flexibility index (Phi) is 8.40. The van der Waals surface area contributed by atoms with Gasteiger partial charge in [-0.3, -0.25) is 0 Å². The minimum atomic E-state index is -3.66. The maximum absolute atomic E-state index is 13.6. The van der Waals surface area contributed by atoms with Crippen LogP contribution in [0.1, 0.15) is 47.9 Å². The van der Waals surface area contributed by atoms with Crippen LogP contribution in [0.2, 0.25) is 0 Å². The fraction of sp³-hybridized carbons (Fsp3) is 0.571. The summed E-state index contributed by atoms with van der Waals surface area (Å²) in [5.41, 5.74) is 3.40. The Balaban J connectivity index is 1.51. The van der Waals surface area contributed by atoms with Gasteiger partial charge in [0.25, 0.3) is 0 Å². The van der Waals surface area contributed by atoms with Crippen LogP contribution in [0, 0.1) is 39.5 Å². The highest BCUT2D eigenvalue weighted by molar-refractivity contribution is 7.91. The van der Waals surface area contributed by atoms with Gasteiger partial charge in [0.2, 0.25) is 9.84 Å². The molecule has 7 heteroatoms. The van der Waals surface area contributed by atoms with E-state index in [-0.39, 0.29) is 0 Å². The van der Waals surface area contributed by atoms with Crippen LogP contribution < -0.4 is 20.1 Å². The van der Waals surface area contributed by atoms with Crippen molar-refractivity contribution in [2.75, 3.05) is 39.4 Å². The topological polar surface area (TPSA) is 76.7 Å². The highest BCUT2D eigenvalue weighted by Gasteiger charge is 2.23. The first-order valence-corrected chi connectivity index (χ1v) is 14.4. The number of nitrogens with one attached hydrogen (secondary N) is 2. The van der Waals surface area contributed by atoms with E-state index in [0.29, 0.717) is 34.8 Å². The molecule has 2 aliphatic heterocycles. The van der Waals surface area contributed by atoms with Crippen molar-refractivity contribution >= 4 is 9.84 Å². The number of sulfone groups is 1. The zero-order valence-corrected chi connectivity index (χ0v) is 22.4. The van der Waals surface area contributed by atoms with Gasteiger partial charge in [-0.1, -0.05) is 0 Å². The van der Waals surface area contributed by atoms with E-state index in [1.165, 1.54) is 12.8 Å². The molecule has 0 saturated carbocycles. The molecular weight excluding hydrogens is 460 g/mol. The Morgan fingerprint density at radius 1 is 0.714 bits per heavy atom. The third-order valence-corrected chi connectivity index (χ3v) is 8.93. The van der Waals surface area contributed by atoms with Gasteiger partial charge in [-0.15, -0.1) is 0 Å². The van der Waals surface area contributed by atoms with E-state index in [1.54, 1.807) is 24.3 Å². The Hall–Kier alpha value is -2.09. The van der Waals surface area contributed by atoms with Crippen molar-refractivity contribution in [2.24, 2.45) is 11.8 Å². The second-order valence-corrected chi connectivity index (χ2v) is 12.3. The largest absolute Gasteiger partial charge is 0.493 e. The van der Waals surface area contributed by atoms with E-state index in [1.807, 2.05) is 27.7 Å². The van der Waals surface area contributed by atoms with Crippen molar-refractivity contribution in [3.8, 4) is 11.5 Å². The summed E-state index contributed by atoms with van der Waals surface area (Å²) in [7, 11) is -3.66. The number of hydrogen-bond acceptors (Lipinski definition) is 6. The molecule has 0 amide bonds. The van der Waals surface area contributed by atoms with Crippen LogP contribution in [0.15, 0.2) is 34.1 Å². The van der Waals surface area contributed by atoms with Crippen LogP contribution in [-0.2, 0) is 9.84 Å². The van der Waals surface area contributed by atoms with Gasteiger partial charge in [0, 0.05) is 24.9 Å². The average molecular weight is 501 g/mol. The molecule has 0 aliphatic carbocycles. The van der Waals surface area contributed by atoms with Gasteiger partial charge in [0.15, 0.2) is 0 Å². The SMILES string of the molecule is Cc1cc(S(=O)(=O)c2cc(C)c(OCC3CCCNC3)c(C)c2)cc(C)c1OCC1CCCNC1. The summed E-state index contributed by atoms with van der Waals surface area (Å²) in [6.07, 6.45) is 4.66. The summed E-state index contributed by atoms with van der Waals surface area (Å²) in [6, 6.07) is 6.95.